The molecule has 2 N–H and O–H groups in total. The van der Waals surface area contributed by atoms with Crippen molar-refractivity contribution in [3.05, 3.63) is 88.7 Å². The second kappa shape index (κ2) is 14.9. The molecule has 0 unspecified atom stereocenters. The Hall–Kier alpha value is -5.86. The van der Waals surface area contributed by atoms with E-state index in [-0.39, 0.29) is 43.5 Å². The van der Waals surface area contributed by atoms with Crippen molar-refractivity contribution in [1.29, 1.82) is 0 Å². The zero-order valence-electron chi connectivity index (χ0n) is 27.8. The lowest BCUT2D eigenvalue weighted by Crippen LogP contribution is -2.59. The summed E-state index contributed by atoms with van der Waals surface area (Å²) in [6.45, 7) is 4.32. The van der Waals surface area contributed by atoms with Crippen LogP contribution < -0.4 is 35.6 Å². The van der Waals surface area contributed by atoms with Crippen LogP contribution in [-0.4, -0.2) is 86.1 Å². The van der Waals surface area contributed by atoms with Gasteiger partial charge in [-0.25, -0.2) is 23.6 Å². The van der Waals surface area contributed by atoms with E-state index in [1.54, 1.807) is 66.2 Å². The van der Waals surface area contributed by atoms with Gasteiger partial charge in [0.15, 0.2) is 5.82 Å². The normalized spacial score (nSPS) is 14.1. The summed E-state index contributed by atoms with van der Waals surface area (Å²) in [5.41, 5.74) is 0.778. The van der Waals surface area contributed by atoms with Gasteiger partial charge in [-0.15, -0.1) is 0 Å². The molecule has 4 amide bonds. The van der Waals surface area contributed by atoms with Crippen LogP contribution in [0.25, 0.3) is 10.9 Å². The van der Waals surface area contributed by atoms with Gasteiger partial charge in [-0.1, -0.05) is 12.1 Å². The Balaban J connectivity index is 1.56. The molecule has 0 bridgehead atoms. The van der Waals surface area contributed by atoms with E-state index in [0.29, 0.717) is 33.8 Å². The Kier molecular flexibility index (Phi) is 10.5. The van der Waals surface area contributed by atoms with Crippen LogP contribution in [0.3, 0.4) is 0 Å². The van der Waals surface area contributed by atoms with E-state index in [0.717, 1.165) is 0 Å². The molecule has 3 aromatic carbocycles. The predicted octanol–water partition coefficient (Wildman–Crippen LogP) is 3.88. The number of amides is 4. The number of ether oxygens (including phenoxy) is 3. The standard InChI is InChI=1S/C34H38FN7O7/c1-21(36-34(46)49-5)31(43)39-16-18-40(19-17-39)42-30(38-27-9-7-6-8-26(27)32(42)44)22(2)41(28-15-14-25(47-3)20-29(28)48-4)33(45)37-24-12-10-23(35)11-13-24/h6-15,20-22H,16-19H2,1-5H3,(H,36,46)(H,37,45)/t21-,22-/m0/s1. The van der Waals surface area contributed by atoms with Crippen LogP contribution in [0.15, 0.2) is 71.5 Å². The number of carbonyl (C=O) groups is 3. The molecule has 2 heterocycles. The van der Waals surface area contributed by atoms with Gasteiger partial charge in [0.2, 0.25) is 5.91 Å². The third-order valence-electron chi connectivity index (χ3n) is 8.24. The van der Waals surface area contributed by atoms with Gasteiger partial charge in [-0.05, 0) is 62.4 Å². The molecule has 5 rings (SSSR count). The molecule has 1 saturated heterocycles. The number of benzene rings is 3. The van der Waals surface area contributed by atoms with Crippen LogP contribution in [0.4, 0.5) is 25.4 Å². The number of carbonyl (C=O) groups excluding carboxylic acids is 3. The van der Waals surface area contributed by atoms with Crippen molar-refractivity contribution in [3.8, 4) is 11.5 Å². The van der Waals surface area contributed by atoms with Gasteiger partial charge < -0.3 is 34.8 Å². The molecule has 1 aromatic heterocycles. The highest BCUT2D eigenvalue weighted by atomic mass is 19.1. The molecule has 0 aliphatic carbocycles. The lowest BCUT2D eigenvalue weighted by Gasteiger charge is -2.39. The van der Waals surface area contributed by atoms with Crippen LogP contribution in [0, 0.1) is 5.82 Å². The number of para-hydroxylation sites is 1. The third kappa shape index (κ3) is 7.35. The highest BCUT2D eigenvalue weighted by molar-refractivity contribution is 6.03. The number of hydrogen-bond donors (Lipinski definition) is 2. The zero-order chi connectivity index (χ0) is 35.2. The number of hydrogen-bond acceptors (Lipinski definition) is 9. The van der Waals surface area contributed by atoms with Gasteiger partial charge >= 0.3 is 12.1 Å². The second-order valence-electron chi connectivity index (χ2n) is 11.3. The van der Waals surface area contributed by atoms with Crippen molar-refractivity contribution in [3.63, 3.8) is 0 Å². The van der Waals surface area contributed by atoms with E-state index in [9.17, 15) is 23.6 Å². The first-order chi connectivity index (χ1) is 23.6. The Morgan fingerprint density at radius 2 is 1.61 bits per heavy atom. The number of alkyl carbamates (subject to hydrolysis) is 1. The quantitative estimate of drug-likeness (QED) is 0.270. The maximum absolute atomic E-state index is 14.2. The highest BCUT2D eigenvalue weighted by Crippen LogP contribution is 2.37. The summed E-state index contributed by atoms with van der Waals surface area (Å²) in [6.07, 6.45) is -0.714. The topological polar surface area (TPSA) is 148 Å². The molecule has 1 fully saturated rings. The van der Waals surface area contributed by atoms with Crippen LogP contribution in [0.1, 0.15) is 25.7 Å². The molecule has 258 valence electrons. The molecular formula is C34H38FN7O7. The van der Waals surface area contributed by atoms with E-state index in [1.165, 1.54) is 55.2 Å². The zero-order valence-corrected chi connectivity index (χ0v) is 27.8. The number of rotatable bonds is 9. The fourth-order valence-corrected chi connectivity index (χ4v) is 5.68. The Labute approximate surface area is 281 Å². The number of urea groups is 1. The maximum Gasteiger partial charge on any atom is 0.407 e. The summed E-state index contributed by atoms with van der Waals surface area (Å²) in [5, 5.41) is 7.47. The lowest BCUT2D eigenvalue weighted by atomic mass is 10.1. The molecule has 14 nitrogen and oxygen atoms in total. The van der Waals surface area contributed by atoms with Crippen molar-refractivity contribution in [2.45, 2.75) is 25.9 Å². The number of nitrogens with zero attached hydrogens (tertiary/aromatic N) is 5. The van der Waals surface area contributed by atoms with Gasteiger partial charge in [0.1, 0.15) is 23.4 Å². The largest absolute Gasteiger partial charge is 0.497 e. The number of aromatic nitrogens is 2. The highest BCUT2D eigenvalue weighted by Gasteiger charge is 2.33. The third-order valence-corrected chi connectivity index (χ3v) is 8.24. The minimum absolute atomic E-state index is 0.247. The molecular weight excluding hydrogens is 637 g/mol. The van der Waals surface area contributed by atoms with E-state index < -0.39 is 30.0 Å². The van der Waals surface area contributed by atoms with E-state index >= 15 is 0 Å². The first-order valence-corrected chi connectivity index (χ1v) is 15.5. The predicted molar refractivity (Wildman–Crippen MR) is 181 cm³/mol. The summed E-state index contributed by atoms with van der Waals surface area (Å²) < 4.78 is 30.8. The van der Waals surface area contributed by atoms with E-state index in [1.807, 2.05) is 0 Å². The molecule has 15 heteroatoms. The maximum atomic E-state index is 14.2. The van der Waals surface area contributed by atoms with Crippen molar-refractivity contribution in [2.75, 3.05) is 62.7 Å². The summed E-state index contributed by atoms with van der Waals surface area (Å²) in [5.74, 6) is 0.308. The Bertz CT molecular complexity index is 1890. The molecule has 0 spiro atoms. The first kappa shape index (κ1) is 34.5. The van der Waals surface area contributed by atoms with Gasteiger partial charge in [0, 0.05) is 24.8 Å². The van der Waals surface area contributed by atoms with Crippen LogP contribution in [-0.2, 0) is 9.53 Å². The van der Waals surface area contributed by atoms with E-state index in [2.05, 4.69) is 15.4 Å². The fraction of sp³-hybridized carbons (Fsp3) is 0.324. The molecule has 49 heavy (non-hydrogen) atoms. The van der Waals surface area contributed by atoms with Crippen LogP contribution in [0.5, 0.6) is 11.5 Å². The molecule has 1 aliphatic heterocycles. The lowest BCUT2D eigenvalue weighted by molar-refractivity contribution is -0.133. The summed E-state index contributed by atoms with van der Waals surface area (Å²) in [4.78, 5) is 61.1. The minimum Gasteiger partial charge on any atom is -0.497 e. The van der Waals surface area contributed by atoms with Gasteiger partial charge in [-0.2, -0.15) is 0 Å². The minimum atomic E-state index is -0.885. The molecule has 4 aromatic rings. The number of anilines is 2. The van der Waals surface area contributed by atoms with E-state index in [4.69, 9.17) is 14.5 Å². The number of nitrogens with one attached hydrogen (secondary N) is 2. The first-order valence-electron chi connectivity index (χ1n) is 15.5. The number of halogens is 1. The molecule has 2 atom stereocenters. The smallest absolute Gasteiger partial charge is 0.407 e. The fourth-order valence-electron chi connectivity index (χ4n) is 5.68. The number of methoxy groups -OCH3 is 3. The summed E-state index contributed by atoms with van der Waals surface area (Å²) >= 11 is 0. The summed E-state index contributed by atoms with van der Waals surface area (Å²) in [6, 6.07) is 14.9. The average Bonchev–Trinajstić information content (AvgIpc) is 3.12. The second-order valence-corrected chi connectivity index (χ2v) is 11.3. The Morgan fingerprint density at radius 3 is 2.27 bits per heavy atom. The molecule has 0 radical (unpaired) electrons. The average molecular weight is 676 g/mol. The number of piperazine rings is 1. The van der Waals surface area contributed by atoms with Crippen LogP contribution >= 0.6 is 0 Å². The number of fused-ring (bicyclic) bond motifs is 1. The summed E-state index contributed by atoms with van der Waals surface area (Å²) in [7, 11) is 4.19. The van der Waals surface area contributed by atoms with Crippen molar-refractivity contribution in [2.24, 2.45) is 0 Å². The van der Waals surface area contributed by atoms with Crippen molar-refractivity contribution in [1.82, 2.24) is 19.9 Å². The van der Waals surface area contributed by atoms with Crippen LogP contribution in [0.2, 0.25) is 0 Å². The van der Waals surface area contributed by atoms with Gasteiger partial charge in [0.25, 0.3) is 5.56 Å². The van der Waals surface area contributed by atoms with Crippen molar-refractivity contribution < 1.29 is 33.0 Å². The van der Waals surface area contributed by atoms with Gasteiger partial charge in [0.05, 0.1) is 57.1 Å². The molecule has 0 saturated carbocycles. The Morgan fingerprint density at radius 1 is 0.918 bits per heavy atom. The monoisotopic (exact) mass is 675 g/mol. The van der Waals surface area contributed by atoms with Gasteiger partial charge in [-0.3, -0.25) is 14.5 Å². The SMILES string of the molecule is COC(=O)N[C@@H](C)C(=O)N1CCN(n2c([C@H](C)N(C(=O)Nc3ccc(F)cc3)c3ccc(OC)cc3OC)nc3ccccc3c2=O)CC1. The molecule has 1 aliphatic rings. The van der Waals surface area contributed by atoms with Crippen molar-refractivity contribution >= 4 is 40.3 Å².